The maximum Gasteiger partial charge on any atom is 0.413 e. The Bertz CT molecular complexity index is 1080. The number of carbonyl (C=O) groups excluding carboxylic acids is 1. The molecule has 2 aromatic carbocycles. The van der Waals surface area contributed by atoms with E-state index in [0.29, 0.717) is 10.6 Å². The number of nitrogens with one attached hydrogen (secondary N) is 1. The average Bonchev–Trinajstić information content (AvgIpc) is 2.97. The van der Waals surface area contributed by atoms with E-state index >= 15 is 0 Å². The quantitative estimate of drug-likeness (QED) is 0.659. The molecule has 0 bridgehead atoms. The highest BCUT2D eigenvalue weighted by molar-refractivity contribution is 5.82. The number of nitrogens with zero attached hydrogens (tertiary/aromatic N) is 2. The van der Waals surface area contributed by atoms with Crippen molar-refractivity contribution < 1.29 is 27.9 Å². The minimum absolute atomic E-state index is 0.0442. The number of likely N-dealkylation sites (tertiary alicyclic amines) is 1. The van der Waals surface area contributed by atoms with Gasteiger partial charge in [0.2, 0.25) is 5.91 Å². The number of rotatable bonds is 5. The maximum absolute atomic E-state index is 14.0. The minimum Gasteiger partial charge on any atom is -0.465 e. The van der Waals surface area contributed by atoms with E-state index in [1.807, 2.05) is 12.1 Å². The molecule has 4 rings (SSSR count). The molecule has 1 fully saturated rings. The molecular weight excluding hydrogens is 447 g/mol. The smallest absolute Gasteiger partial charge is 0.413 e. The molecule has 1 aliphatic carbocycles. The Labute approximate surface area is 196 Å². The third-order valence-electron chi connectivity index (χ3n) is 7.12. The van der Waals surface area contributed by atoms with Crippen molar-refractivity contribution in [2.45, 2.75) is 43.9 Å². The average molecular weight is 476 g/mol. The number of carboxylic acid groups (broad SMARTS) is 1. The van der Waals surface area contributed by atoms with Gasteiger partial charge < -0.3 is 20.2 Å². The normalized spacial score (nSPS) is 20.3. The molecule has 34 heavy (non-hydrogen) atoms. The first-order valence-electron chi connectivity index (χ1n) is 11.2. The van der Waals surface area contributed by atoms with Crippen molar-refractivity contribution in [3.8, 4) is 0 Å². The number of alkyl halides is 3. The largest absolute Gasteiger partial charge is 0.465 e. The van der Waals surface area contributed by atoms with Crippen molar-refractivity contribution in [1.29, 1.82) is 0 Å². The van der Waals surface area contributed by atoms with E-state index in [-0.39, 0.29) is 30.1 Å². The number of halogens is 3. The zero-order valence-corrected chi connectivity index (χ0v) is 19.3. The maximum atomic E-state index is 14.0. The van der Waals surface area contributed by atoms with Crippen molar-refractivity contribution in [1.82, 2.24) is 9.80 Å². The monoisotopic (exact) mass is 475 g/mol. The Morgan fingerprint density at radius 3 is 2.29 bits per heavy atom. The van der Waals surface area contributed by atoms with Crippen LogP contribution in [0.25, 0.3) is 0 Å². The molecule has 2 aromatic rings. The summed E-state index contributed by atoms with van der Waals surface area (Å²) < 4.78 is 41.9. The third kappa shape index (κ3) is 4.31. The number of anilines is 1. The summed E-state index contributed by atoms with van der Waals surface area (Å²) >= 11 is 0. The summed E-state index contributed by atoms with van der Waals surface area (Å²) in [5.74, 6) is -1.48. The fourth-order valence-electron chi connectivity index (χ4n) is 5.02. The van der Waals surface area contributed by atoms with Crippen LogP contribution in [0.3, 0.4) is 0 Å². The van der Waals surface area contributed by atoms with Crippen LogP contribution in [-0.2, 0) is 16.6 Å². The Morgan fingerprint density at radius 2 is 1.74 bits per heavy atom. The van der Waals surface area contributed by atoms with Gasteiger partial charge in [0.15, 0.2) is 6.04 Å². The van der Waals surface area contributed by atoms with E-state index in [4.69, 9.17) is 5.11 Å². The van der Waals surface area contributed by atoms with Gasteiger partial charge in [-0.05, 0) is 35.2 Å². The lowest BCUT2D eigenvalue weighted by Crippen LogP contribution is -2.56. The molecule has 0 aromatic heterocycles. The van der Waals surface area contributed by atoms with Gasteiger partial charge in [0.1, 0.15) is 0 Å². The summed E-state index contributed by atoms with van der Waals surface area (Å²) in [5, 5.41) is 12.4. The van der Waals surface area contributed by atoms with E-state index in [1.165, 1.54) is 23.3 Å². The summed E-state index contributed by atoms with van der Waals surface area (Å²) in [6.45, 7) is 4.12. The van der Waals surface area contributed by atoms with Crippen molar-refractivity contribution in [2.75, 3.05) is 25.5 Å². The van der Waals surface area contributed by atoms with Crippen molar-refractivity contribution >= 4 is 17.7 Å². The predicted molar refractivity (Wildman–Crippen MR) is 122 cm³/mol. The van der Waals surface area contributed by atoms with Crippen molar-refractivity contribution in [2.24, 2.45) is 5.92 Å². The van der Waals surface area contributed by atoms with Gasteiger partial charge in [-0.3, -0.25) is 4.79 Å². The molecule has 0 spiro atoms. The van der Waals surface area contributed by atoms with E-state index in [9.17, 15) is 22.8 Å². The molecule has 2 aliphatic rings. The Morgan fingerprint density at radius 1 is 1.12 bits per heavy atom. The third-order valence-corrected chi connectivity index (χ3v) is 7.12. The molecule has 0 saturated carbocycles. The number of fused-ring (bicyclic) bond motifs is 1. The summed E-state index contributed by atoms with van der Waals surface area (Å²) in [6, 6.07) is 12.2. The Kier molecular flexibility index (Phi) is 5.99. The lowest BCUT2D eigenvalue weighted by molar-refractivity contribution is -0.192. The first kappa shape index (κ1) is 23.9. The van der Waals surface area contributed by atoms with Gasteiger partial charge in [0, 0.05) is 37.3 Å². The molecule has 0 radical (unpaired) electrons. The van der Waals surface area contributed by atoms with Crippen LogP contribution < -0.4 is 5.32 Å². The van der Waals surface area contributed by atoms with E-state index in [1.54, 1.807) is 12.1 Å². The topological polar surface area (TPSA) is 72.9 Å². The van der Waals surface area contributed by atoms with Gasteiger partial charge in [0.05, 0.1) is 5.92 Å². The number of amides is 2. The molecular formula is C25H28F3N3O3. The van der Waals surface area contributed by atoms with Crippen LogP contribution >= 0.6 is 0 Å². The number of benzene rings is 2. The predicted octanol–water partition coefficient (Wildman–Crippen LogP) is 4.67. The first-order chi connectivity index (χ1) is 15.9. The van der Waals surface area contributed by atoms with Gasteiger partial charge in [-0.25, -0.2) is 4.79 Å². The fourth-order valence-corrected chi connectivity index (χ4v) is 5.02. The zero-order valence-electron chi connectivity index (χ0n) is 19.3. The van der Waals surface area contributed by atoms with E-state index < -0.39 is 30.1 Å². The lowest BCUT2D eigenvalue weighted by atomic mass is 9.83. The second-order valence-electron chi connectivity index (χ2n) is 9.68. The van der Waals surface area contributed by atoms with Crippen LogP contribution in [0.1, 0.15) is 36.6 Å². The molecule has 6 nitrogen and oxygen atoms in total. The molecule has 2 atom stereocenters. The van der Waals surface area contributed by atoms with Crippen molar-refractivity contribution in [3.05, 3.63) is 65.2 Å². The second-order valence-corrected chi connectivity index (χ2v) is 9.68. The van der Waals surface area contributed by atoms with Gasteiger partial charge in [0.25, 0.3) is 0 Å². The van der Waals surface area contributed by atoms with Crippen LogP contribution in [0.5, 0.6) is 0 Å². The van der Waals surface area contributed by atoms with E-state index in [2.05, 4.69) is 31.3 Å². The summed E-state index contributed by atoms with van der Waals surface area (Å²) in [4.78, 5) is 25.2. The van der Waals surface area contributed by atoms with Crippen LogP contribution in [-0.4, -0.2) is 59.3 Å². The van der Waals surface area contributed by atoms with Gasteiger partial charge >= 0.3 is 12.3 Å². The van der Waals surface area contributed by atoms with Gasteiger partial charge in [-0.1, -0.05) is 50.2 Å². The van der Waals surface area contributed by atoms with Gasteiger partial charge in [-0.15, -0.1) is 0 Å². The standard InChI is InChI=1S/C25H28F3N3O3/c1-24(2)19-7-5-4-6-16(19)12-20(24)29-18-10-8-15(9-11-18)21(25(26,27)28)30(3)22(32)17-13-31(14-17)23(33)34/h4-11,17,20-21,29H,12-14H2,1-3H3,(H,33,34)/t20?,21-/m0/s1. The number of hydrogen-bond acceptors (Lipinski definition) is 3. The lowest BCUT2D eigenvalue weighted by Gasteiger charge is -2.40. The molecule has 1 aliphatic heterocycles. The fraction of sp³-hybridized carbons (Fsp3) is 0.440. The number of carbonyl (C=O) groups is 2. The van der Waals surface area contributed by atoms with Crippen molar-refractivity contribution in [3.63, 3.8) is 0 Å². The van der Waals surface area contributed by atoms with Gasteiger partial charge in [-0.2, -0.15) is 13.2 Å². The highest BCUT2D eigenvalue weighted by atomic mass is 19.4. The van der Waals surface area contributed by atoms with Crippen LogP contribution in [0.4, 0.5) is 23.7 Å². The highest BCUT2D eigenvalue weighted by Crippen LogP contribution is 2.41. The van der Waals surface area contributed by atoms with Crippen LogP contribution in [0.15, 0.2) is 48.5 Å². The summed E-state index contributed by atoms with van der Waals surface area (Å²) in [6.07, 6.45) is -5.04. The van der Waals surface area contributed by atoms with E-state index in [0.717, 1.165) is 18.4 Å². The molecule has 2 N–H and O–H groups in total. The molecule has 182 valence electrons. The van der Waals surface area contributed by atoms with Crippen LogP contribution in [0, 0.1) is 5.92 Å². The summed E-state index contributed by atoms with van der Waals surface area (Å²) in [5.41, 5.74) is 3.05. The number of hydrogen-bond donors (Lipinski definition) is 2. The SMILES string of the molecule is CN(C(=O)C1CN(C(=O)O)C1)[C@@H](c1ccc(NC2Cc3ccccc3C2(C)C)cc1)C(F)(F)F. The van der Waals surface area contributed by atoms with Crippen LogP contribution in [0.2, 0.25) is 0 Å². The zero-order chi connectivity index (χ0) is 24.8. The Balaban J connectivity index is 1.48. The molecule has 9 heteroatoms. The second kappa shape index (κ2) is 8.52. The first-order valence-corrected chi connectivity index (χ1v) is 11.2. The minimum atomic E-state index is -4.68. The molecule has 1 saturated heterocycles. The summed E-state index contributed by atoms with van der Waals surface area (Å²) in [7, 11) is 1.12. The molecule has 2 amide bonds. The highest BCUT2D eigenvalue weighted by Gasteiger charge is 2.48. The molecule has 1 heterocycles. The molecule has 1 unspecified atom stereocenters. The Hall–Kier alpha value is -3.23.